The van der Waals surface area contributed by atoms with Crippen LogP contribution in [0, 0.1) is 13.8 Å². The summed E-state index contributed by atoms with van der Waals surface area (Å²) in [6, 6.07) is 11.8. The molecule has 10 heteroatoms. The van der Waals surface area contributed by atoms with Gasteiger partial charge >= 0.3 is 5.91 Å². The normalized spacial score (nSPS) is 17.3. The van der Waals surface area contributed by atoms with Crippen molar-refractivity contribution in [3.05, 3.63) is 76.2 Å². The molecule has 0 radical (unpaired) electrons. The van der Waals surface area contributed by atoms with Gasteiger partial charge in [-0.3, -0.25) is 18.9 Å². The number of aliphatic hydroxyl groups excluding tert-OH is 1. The topological polar surface area (TPSA) is 110 Å². The zero-order chi connectivity index (χ0) is 25.4. The summed E-state index contributed by atoms with van der Waals surface area (Å²) in [4.78, 5) is 32.6. The number of pyridine rings is 1. The third-order valence-electron chi connectivity index (χ3n) is 6.03. The van der Waals surface area contributed by atoms with Gasteiger partial charge in [-0.2, -0.15) is 0 Å². The van der Waals surface area contributed by atoms with Crippen LogP contribution in [0.3, 0.4) is 0 Å². The average Bonchev–Trinajstić information content (AvgIpc) is 3.52. The molecule has 1 saturated heterocycles. The zero-order valence-electron chi connectivity index (χ0n) is 20.1. The number of carbonyl (C=O) groups is 2. The maximum absolute atomic E-state index is 13.4. The highest BCUT2D eigenvalue weighted by molar-refractivity contribution is 7.15. The molecule has 1 N–H and O–H groups in total. The lowest BCUT2D eigenvalue weighted by molar-refractivity contribution is -0.132. The van der Waals surface area contributed by atoms with Crippen molar-refractivity contribution in [2.24, 2.45) is 0 Å². The lowest BCUT2D eigenvalue weighted by Crippen LogP contribution is -2.29. The van der Waals surface area contributed by atoms with Gasteiger partial charge < -0.3 is 9.84 Å². The van der Waals surface area contributed by atoms with Crippen molar-refractivity contribution in [3.8, 4) is 5.75 Å². The largest absolute Gasteiger partial charge is 0.505 e. The molecule has 4 aromatic rings. The highest BCUT2D eigenvalue weighted by Gasteiger charge is 2.48. The van der Waals surface area contributed by atoms with Crippen molar-refractivity contribution < 1.29 is 19.4 Å². The fraction of sp³-hybridized carbons (Fsp3) is 0.269. The van der Waals surface area contributed by atoms with Crippen molar-refractivity contribution in [1.29, 1.82) is 0 Å². The number of rotatable bonds is 7. The zero-order valence-corrected chi connectivity index (χ0v) is 21.0. The number of anilines is 1. The van der Waals surface area contributed by atoms with Gasteiger partial charge in [0.25, 0.3) is 5.78 Å². The van der Waals surface area contributed by atoms with E-state index in [9.17, 15) is 14.7 Å². The van der Waals surface area contributed by atoms with E-state index in [1.807, 2.05) is 24.3 Å². The Labute approximate surface area is 211 Å². The number of nitrogens with zero attached hydrogens (tertiary/aromatic N) is 5. The van der Waals surface area contributed by atoms with Crippen LogP contribution in [0.25, 0.3) is 11.4 Å². The Balaban J connectivity index is 1.71. The van der Waals surface area contributed by atoms with Crippen molar-refractivity contribution in [2.75, 3.05) is 11.5 Å². The van der Waals surface area contributed by atoms with E-state index in [1.54, 1.807) is 42.6 Å². The maximum Gasteiger partial charge on any atom is 0.301 e. The van der Waals surface area contributed by atoms with E-state index in [1.165, 1.54) is 16.2 Å². The number of unbranched alkanes of at least 4 members (excludes halogenated alkanes) is 1. The quantitative estimate of drug-likeness (QED) is 0.170. The molecule has 9 nitrogen and oxygen atoms in total. The van der Waals surface area contributed by atoms with Crippen LogP contribution >= 0.6 is 11.3 Å². The minimum Gasteiger partial charge on any atom is -0.505 e. The van der Waals surface area contributed by atoms with E-state index in [2.05, 4.69) is 22.1 Å². The number of imidazole rings is 1. The summed E-state index contributed by atoms with van der Waals surface area (Å²) in [5, 5.41) is 20.7. The third-order valence-corrected chi connectivity index (χ3v) is 6.87. The number of aromatic nitrogens is 4. The Hall–Kier alpha value is -4.05. The Morgan fingerprint density at radius 1 is 1.14 bits per heavy atom. The van der Waals surface area contributed by atoms with Crippen LogP contribution in [0.1, 0.15) is 47.8 Å². The molecule has 3 aromatic heterocycles. The van der Waals surface area contributed by atoms with E-state index in [4.69, 9.17) is 4.74 Å². The fourth-order valence-electron chi connectivity index (χ4n) is 4.36. The number of ether oxygens (including phenoxy) is 1. The van der Waals surface area contributed by atoms with Crippen LogP contribution in [0.15, 0.2) is 54.2 Å². The number of aliphatic hydroxyl groups is 1. The van der Waals surface area contributed by atoms with Gasteiger partial charge in [0.15, 0.2) is 5.76 Å². The van der Waals surface area contributed by atoms with E-state index in [0.29, 0.717) is 40.0 Å². The second-order valence-electron chi connectivity index (χ2n) is 8.52. The standard InChI is InChI=1S/C26H25N5O4S/c1-4-5-13-35-18-10-8-9-17(14-18)22-20(24(33)25(34)31(22)26-29-28-16(3)36-26)23(32)21-15(2)27-19-11-6-7-12-30(19)21/h6-12,14,22,32H,4-5,13H2,1-3H3. The van der Waals surface area contributed by atoms with E-state index in [-0.39, 0.29) is 16.5 Å². The van der Waals surface area contributed by atoms with Gasteiger partial charge in [0.1, 0.15) is 22.1 Å². The molecule has 4 heterocycles. The molecule has 184 valence electrons. The first kappa shape index (κ1) is 23.7. The highest BCUT2D eigenvalue weighted by Crippen LogP contribution is 2.43. The Morgan fingerprint density at radius 3 is 2.72 bits per heavy atom. The highest BCUT2D eigenvalue weighted by atomic mass is 32.1. The first-order chi connectivity index (χ1) is 17.4. The minimum absolute atomic E-state index is 0.0349. The van der Waals surface area contributed by atoms with Gasteiger partial charge in [0, 0.05) is 6.20 Å². The van der Waals surface area contributed by atoms with Crippen LogP contribution in [0.4, 0.5) is 5.13 Å². The van der Waals surface area contributed by atoms with Gasteiger partial charge in [-0.25, -0.2) is 4.98 Å². The number of fused-ring (bicyclic) bond motifs is 1. The summed E-state index contributed by atoms with van der Waals surface area (Å²) in [5.74, 6) is -1.25. The van der Waals surface area contributed by atoms with Crippen LogP contribution < -0.4 is 9.64 Å². The fourth-order valence-corrected chi connectivity index (χ4v) is 5.08. The van der Waals surface area contributed by atoms with Gasteiger partial charge in [-0.1, -0.05) is 42.9 Å². The smallest absolute Gasteiger partial charge is 0.301 e. The number of hydrogen-bond donors (Lipinski definition) is 1. The maximum atomic E-state index is 13.4. The molecule has 36 heavy (non-hydrogen) atoms. The summed E-state index contributed by atoms with van der Waals surface area (Å²) in [7, 11) is 0. The van der Waals surface area contributed by atoms with Crippen LogP contribution in [-0.4, -0.2) is 43.0 Å². The van der Waals surface area contributed by atoms with Crippen LogP contribution in [0.5, 0.6) is 5.75 Å². The molecule has 1 unspecified atom stereocenters. The number of carbonyl (C=O) groups excluding carboxylic acids is 2. The lowest BCUT2D eigenvalue weighted by Gasteiger charge is -2.23. The number of ketones is 1. The minimum atomic E-state index is -0.916. The molecule has 1 aromatic carbocycles. The number of aryl methyl sites for hydroxylation is 2. The van der Waals surface area contributed by atoms with Crippen molar-refractivity contribution in [3.63, 3.8) is 0 Å². The predicted molar refractivity (Wildman–Crippen MR) is 136 cm³/mol. The van der Waals surface area contributed by atoms with Crippen LogP contribution in [-0.2, 0) is 9.59 Å². The SMILES string of the molecule is CCCCOc1cccc(C2C(=C(O)c3c(C)nc4ccccn34)C(=O)C(=O)N2c2nnc(C)s2)c1. The van der Waals surface area contributed by atoms with Crippen molar-refractivity contribution >= 4 is 39.6 Å². The molecule has 1 fully saturated rings. The average molecular weight is 504 g/mol. The summed E-state index contributed by atoms with van der Waals surface area (Å²) >= 11 is 1.20. The van der Waals surface area contributed by atoms with E-state index >= 15 is 0 Å². The van der Waals surface area contributed by atoms with Gasteiger partial charge in [0.05, 0.1) is 23.9 Å². The molecule has 5 rings (SSSR count). The number of Topliss-reactive ketones (excluding diaryl/α,β-unsaturated/α-hetero) is 1. The molecular weight excluding hydrogens is 478 g/mol. The number of benzene rings is 1. The first-order valence-corrected chi connectivity index (χ1v) is 12.5. The van der Waals surface area contributed by atoms with Crippen molar-refractivity contribution in [1.82, 2.24) is 19.6 Å². The molecule has 0 aliphatic carbocycles. The third kappa shape index (κ3) is 4.03. The van der Waals surface area contributed by atoms with Crippen LogP contribution in [0.2, 0.25) is 0 Å². The van der Waals surface area contributed by atoms with Crippen molar-refractivity contribution in [2.45, 2.75) is 39.7 Å². The van der Waals surface area contributed by atoms with E-state index < -0.39 is 17.7 Å². The molecule has 0 spiro atoms. The van der Waals surface area contributed by atoms with Gasteiger partial charge in [0.2, 0.25) is 5.13 Å². The summed E-state index contributed by atoms with van der Waals surface area (Å²) < 4.78 is 7.59. The Kier molecular flexibility index (Phi) is 6.27. The first-order valence-electron chi connectivity index (χ1n) is 11.7. The number of amides is 1. The molecule has 0 bridgehead atoms. The lowest BCUT2D eigenvalue weighted by atomic mass is 9.96. The Morgan fingerprint density at radius 2 is 1.97 bits per heavy atom. The molecule has 1 atom stereocenters. The molecule has 1 aliphatic heterocycles. The summed E-state index contributed by atoms with van der Waals surface area (Å²) in [6.45, 7) is 6.16. The predicted octanol–water partition coefficient (Wildman–Crippen LogP) is 4.61. The second kappa shape index (κ2) is 9.54. The summed E-state index contributed by atoms with van der Waals surface area (Å²) in [6.07, 6.45) is 3.65. The molecule has 1 amide bonds. The summed E-state index contributed by atoms with van der Waals surface area (Å²) in [5.41, 5.74) is 2.09. The molecule has 1 aliphatic rings. The number of hydrogen-bond acceptors (Lipinski definition) is 8. The van der Waals surface area contributed by atoms with Gasteiger partial charge in [-0.05, 0) is 50.1 Å². The monoisotopic (exact) mass is 503 g/mol. The Bertz CT molecular complexity index is 1510. The van der Waals surface area contributed by atoms with E-state index in [0.717, 1.165) is 12.8 Å². The van der Waals surface area contributed by atoms with Gasteiger partial charge in [-0.15, -0.1) is 10.2 Å². The molecular formula is C26H25N5O4S. The molecule has 0 saturated carbocycles. The second-order valence-corrected chi connectivity index (χ2v) is 9.68.